The highest BCUT2D eigenvalue weighted by molar-refractivity contribution is 5.25. The molecule has 1 heteroatoms. The standard InChI is InChI=1S/C22H36O.C9H12.2C2H6/c1-14(2)18-7-8-19-17-6-5-15-13-16(23)9-11-21(15,3)20(17)10-12-22(18,19)4;1-8(2)9-6-4-3-5-7-9;2*1-2/h5,14,16-20,23H,6-13H2,1-4H3;3-8H,1-2H3;2*1-2H3. The first-order chi connectivity index (χ1) is 17.2. The van der Waals surface area contributed by atoms with Gasteiger partial charge >= 0.3 is 0 Å². The van der Waals surface area contributed by atoms with Crippen LogP contribution in [-0.2, 0) is 0 Å². The molecule has 0 aliphatic heterocycles. The van der Waals surface area contributed by atoms with Gasteiger partial charge in [0.25, 0.3) is 0 Å². The lowest BCUT2D eigenvalue weighted by Crippen LogP contribution is -2.50. The first kappa shape index (κ1) is 31.1. The van der Waals surface area contributed by atoms with Gasteiger partial charge in [-0.25, -0.2) is 0 Å². The lowest BCUT2D eigenvalue weighted by atomic mass is 9.47. The SMILES string of the molecule is CC.CC.CC(C)C1CCC2C3CC=C4CC(O)CCC4(C)C3CCC12C.CC(C)c1ccccc1. The molecule has 3 saturated carbocycles. The minimum absolute atomic E-state index is 0.0727. The molecule has 4 aliphatic carbocycles. The van der Waals surface area contributed by atoms with E-state index >= 15 is 0 Å². The monoisotopic (exact) mass is 496 g/mol. The number of hydrogen-bond acceptors (Lipinski definition) is 1. The Bertz CT molecular complexity index is 792. The number of benzene rings is 1. The van der Waals surface area contributed by atoms with Gasteiger partial charge in [-0.05, 0) is 103 Å². The largest absolute Gasteiger partial charge is 0.393 e. The summed E-state index contributed by atoms with van der Waals surface area (Å²) in [5.41, 5.74) is 4.03. The van der Waals surface area contributed by atoms with Crippen molar-refractivity contribution in [2.45, 2.75) is 133 Å². The van der Waals surface area contributed by atoms with Gasteiger partial charge in [0.05, 0.1) is 6.10 Å². The number of allylic oxidation sites excluding steroid dienone is 1. The van der Waals surface area contributed by atoms with Crippen molar-refractivity contribution >= 4 is 0 Å². The summed E-state index contributed by atoms with van der Waals surface area (Å²) in [6, 6.07) is 10.5. The molecular formula is C35H60O. The quantitative estimate of drug-likeness (QED) is 0.404. The summed E-state index contributed by atoms with van der Waals surface area (Å²) in [5.74, 6) is 5.21. The van der Waals surface area contributed by atoms with Gasteiger partial charge < -0.3 is 5.11 Å². The third kappa shape index (κ3) is 6.31. The minimum atomic E-state index is -0.0727. The minimum Gasteiger partial charge on any atom is -0.393 e. The molecule has 206 valence electrons. The summed E-state index contributed by atoms with van der Waals surface area (Å²) in [6.07, 6.45) is 12.8. The molecule has 0 aromatic heterocycles. The summed E-state index contributed by atoms with van der Waals surface area (Å²) >= 11 is 0. The fourth-order valence-corrected chi connectivity index (χ4v) is 8.62. The van der Waals surface area contributed by atoms with Gasteiger partial charge in [-0.2, -0.15) is 0 Å². The Kier molecular flexibility index (Phi) is 11.8. The molecule has 0 radical (unpaired) electrons. The van der Waals surface area contributed by atoms with E-state index in [0.29, 0.717) is 16.7 Å². The molecule has 1 aromatic rings. The average Bonchev–Trinajstić information content (AvgIpc) is 3.25. The second-order valence-corrected chi connectivity index (χ2v) is 12.7. The van der Waals surface area contributed by atoms with Crippen LogP contribution in [0.5, 0.6) is 0 Å². The topological polar surface area (TPSA) is 20.2 Å². The van der Waals surface area contributed by atoms with E-state index < -0.39 is 0 Å². The lowest BCUT2D eigenvalue weighted by molar-refractivity contribution is -0.0556. The van der Waals surface area contributed by atoms with Gasteiger partial charge in [0.2, 0.25) is 0 Å². The van der Waals surface area contributed by atoms with Crippen LogP contribution in [0.25, 0.3) is 0 Å². The van der Waals surface area contributed by atoms with Crippen molar-refractivity contribution in [1.29, 1.82) is 0 Å². The van der Waals surface area contributed by atoms with E-state index in [1.54, 1.807) is 5.57 Å². The van der Waals surface area contributed by atoms with Crippen molar-refractivity contribution in [3.63, 3.8) is 0 Å². The third-order valence-electron chi connectivity index (χ3n) is 10.4. The molecule has 0 spiro atoms. The normalized spacial score (nSPS) is 36.5. The van der Waals surface area contributed by atoms with Crippen molar-refractivity contribution in [3.8, 4) is 0 Å². The van der Waals surface area contributed by atoms with Crippen LogP contribution in [0, 0.1) is 40.4 Å². The first-order valence-corrected chi connectivity index (χ1v) is 15.6. The van der Waals surface area contributed by atoms with Crippen LogP contribution in [0.2, 0.25) is 0 Å². The molecule has 1 N–H and O–H groups in total. The number of aliphatic hydroxyl groups excluding tert-OH is 1. The van der Waals surface area contributed by atoms with Crippen molar-refractivity contribution in [3.05, 3.63) is 47.5 Å². The van der Waals surface area contributed by atoms with Crippen LogP contribution < -0.4 is 0 Å². The molecule has 0 amide bonds. The lowest BCUT2D eigenvalue weighted by Gasteiger charge is -2.58. The van der Waals surface area contributed by atoms with Gasteiger partial charge in [-0.1, -0.05) is 111 Å². The molecule has 7 atom stereocenters. The van der Waals surface area contributed by atoms with Crippen LogP contribution >= 0.6 is 0 Å². The molecule has 0 bridgehead atoms. The van der Waals surface area contributed by atoms with Crippen molar-refractivity contribution < 1.29 is 5.11 Å². The molecular weight excluding hydrogens is 436 g/mol. The van der Waals surface area contributed by atoms with Crippen molar-refractivity contribution in [1.82, 2.24) is 0 Å². The molecule has 36 heavy (non-hydrogen) atoms. The van der Waals surface area contributed by atoms with Gasteiger partial charge in [0.1, 0.15) is 0 Å². The van der Waals surface area contributed by atoms with Crippen LogP contribution in [-0.4, -0.2) is 11.2 Å². The number of fused-ring (bicyclic) bond motifs is 5. The highest BCUT2D eigenvalue weighted by Crippen LogP contribution is 2.67. The van der Waals surface area contributed by atoms with E-state index in [9.17, 15) is 5.11 Å². The zero-order chi connectivity index (χ0) is 27.1. The van der Waals surface area contributed by atoms with E-state index in [1.165, 1.54) is 44.1 Å². The van der Waals surface area contributed by atoms with E-state index in [2.05, 4.69) is 71.9 Å². The number of aliphatic hydroxyl groups is 1. The molecule has 0 heterocycles. The average molecular weight is 497 g/mol. The predicted molar refractivity (Wildman–Crippen MR) is 159 cm³/mol. The molecule has 5 rings (SSSR count). The zero-order valence-electron chi connectivity index (χ0n) is 25.6. The van der Waals surface area contributed by atoms with Gasteiger partial charge in [-0.15, -0.1) is 0 Å². The molecule has 3 fully saturated rings. The Hall–Kier alpha value is -1.08. The van der Waals surface area contributed by atoms with Crippen LogP contribution in [0.15, 0.2) is 42.0 Å². The maximum absolute atomic E-state index is 10.1. The highest BCUT2D eigenvalue weighted by Gasteiger charge is 2.58. The van der Waals surface area contributed by atoms with Crippen LogP contribution in [0.3, 0.4) is 0 Å². The maximum Gasteiger partial charge on any atom is 0.0577 e. The van der Waals surface area contributed by atoms with Gasteiger partial charge in [0.15, 0.2) is 0 Å². The summed E-state index contributed by atoms with van der Waals surface area (Å²) in [6.45, 7) is 22.5. The summed E-state index contributed by atoms with van der Waals surface area (Å²) in [4.78, 5) is 0. The second kappa shape index (κ2) is 13.6. The Morgan fingerprint density at radius 2 is 1.44 bits per heavy atom. The summed E-state index contributed by atoms with van der Waals surface area (Å²) in [5, 5.41) is 10.1. The van der Waals surface area contributed by atoms with E-state index in [-0.39, 0.29) is 6.10 Å². The molecule has 1 aromatic carbocycles. The van der Waals surface area contributed by atoms with Gasteiger partial charge in [-0.3, -0.25) is 0 Å². The Morgan fingerprint density at radius 1 is 0.806 bits per heavy atom. The Labute approximate surface area is 225 Å². The van der Waals surface area contributed by atoms with Crippen LogP contribution in [0.4, 0.5) is 0 Å². The molecule has 4 aliphatic rings. The van der Waals surface area contributed by atoms with E-state index in [1.807, 2.05) is 33.8 Å². The fraction of sp³-hybridized carbons (Fsp3) is 0.771. The van der Waals surface area contributed by atoms with Crippen LogP contribution in [0.1, 0.15) is 132 Å². The smallest absolute Gasteiger partial charge is 0.0577 e. The number of hydrogen-bond donors (Lipinski definition) is 1. The zero-order valence-corrected chi connectivity index (χ0v) is 25.6. The molecule has 0 saturated heterocycles. The van der Waals surface area contributed by atoms with Gasteiger partial charge in [0, 0.05) is 0 Å². The molecule has 1 nitrogen and oxygen atoms in total. The maximum atomic E-state index is 10.1. The van der Waals surface area contributed by atoms with E-state index in [4.69, 9.17) is 0 Å². The Morgan fingerprint density at radius 3 is 2.00 bits per heavy atom. The first-order valence-electron chi connectivity index (χ1n) is 15.6. The fourth-order valence-electron chi connectivity index (χ4n) is 8.62. The number of rotatable bonds is 2. The van der Waals surface area contributed by atoms with Crippen molar-refractivity contribution in [2.75, 3.05) is 0 Å². The Balaban J connectivity index is 0.000000295. The summed E-state index contributed by atoms with van der Waals surface area (Å²) in [7, 11) is 0. The highest BCUT2D eigenvalue weighted by atomic mass is 16.3. The predicted octanol–water partition coefficient (Wildman–Crippen LogP) is 10.4. The third-order valence-corrected chi connectivity index (χ3v) is 10.4. The summed E-state index contributed by atoms with van der Waals surface area (Å²) < 4.78 is 0. The molecule has 7 unspecified atom stereocenters. The van der Waals surface area contributed by atoms with E-state index in [0.717, 1.165) is 42.4 Å². The second-order valence-electron chi connectivity index (χ2n) is 12.7. The van der Waals surface area contributed by atoms with Crippen molar-refractivity contribution in [2.24, 2.45) is 40.4 Å².